The summed E-state index contributed by atoms with van der Waals surface area (Å²) in [5.74, 6) is 2.22. The normalized spacial score (nSPS) is 15.0. The van der Waals surface area contributed by atoms with Crippen molar-refractivity contribution in [2.45, 2.75) is 39.2 Å². The quantitative estimate of drug-likeness (QED) is 0.825. The Labute approximate surface area is 154 Å². The van der Waals surface area contributed by atoms with Crippen LogP contribution in [0.1, 0.15) is 29.9 Å². The van der Waals surface area contributed by atoms with Crippen LogP contribution in [0.4, 0.5) is 0 Å². The Morgan fingerprint density at radius 2 is 1.92 bits per heavy atom. The van der Waals surface area contributed by atoms with Gasteiger partial charge in [0.1, 0.15) is 17.7 Å². The molecule has 138 valence electrons. The van der Waals surface area contributed by atoms with Gasteiger partial charge in [-0.15, -0.1) is 0 Å². The van der Waals surface area contributed by atoms with Gasteiger partial charge in [-0.1, -0.05) is 18.2 Å². The number of benzene rings is 1. The highest BCUT2D eigenvalue weighted by Gasteiger charge is 2.25. The van der Waals surface area contributed by atoms with Crippen molar-refractivity contribution in [3.05, 3.63) is 47.4 Å². The number of likely N-dealkylation sites (tertiary alicyclic amines) is 1. The van der Waals surface area contributed by atoms with Crippen LogP contribution in [0, 0.1) is 13.8 Å². The zero-order valence-corrected chi connectivity index (χ0v) is 15.6. The highest BCUT2D eigenvalue weighted by Crippen LogP contribution is 2.21. The summed E-state index contributed by atoms with van der Waals surface area (Å²) >= 11 is 0. The van der Waals surface area contributed by atoms with Gasteiger partial charge in [-0.25, -0.2) is 4.98 Å². The molecule has 1 aliphatic rings. The molecule has 2 aromatic rings. The standard InChI is InChI=1S/C20H25N3O3/c1-14-12-19(22-15(2)21-14)26-17-8-10-23(11-9-17)20(24)13-16-6-4-5-7-18(16)25-3/h4-7,12,17H,8-11,13H2,1-3H3. The number of hydrogen-bond donors (Lipinski definition) is 0. The van der Waals surface area contributed by atoms with Crippen molar-refractivity contribution in [3.63, 3.8) is 0 Å². The molecule has 0 spiro atoms. The summed E-state index contributed by atoms with van der Waals surface area (Å²) in [6.07, 6.45) is 2.05. The lowest BCUT2D eigenvalue weighted by Gasteiger charge is -2.32. The maximum absolute atomic E-state index is 12.6. The average Bonchev–Trinajstić information content (AvgIpc) is 2.62. The van der Waals surface area contributed by atoms with E-state index in [1.54, 1.807) is 7.11 Å². The number of carbonyl (C=O) groups is 1. The third-order valence-electron chi connectivity index (χ3n) is 4.56. The lowest BCUT2D eigenvalue weighted by molar-refractivity contribution is -0.132. The van der Waals surface area contributed by atoms with Crippen molar-refractivity contribution in [3.8, 4) is 11.6 Å². The largest absolute Gasteiger partial charge is 0.496 e. The molecule has 26 heavy (non-hydrogen) atoms. The van der Waals surface area contributed by atoms with Gasteiger partial charge in [0.25, 0.3) is 0 Å². The number of carbonyl (C=O) groups excluding carboxylic acids is 1. The molecule has 0 bridgehead atoms. The van der Waals surface area contributed by atoms with Crippen LogP contribution in [0.2, 0.25) is 0 Å². The van der Waals surface area contributed by atoms with Gasteiger partial charge in [-0.2, -0.15) is 4.98 Å². The van der Waals surface area contributed by atoms with Gasteiger partial charge in [-0.3, -0.25) is 4.79 Å². The predicted octanol–water partition coefficient (Wildman–Crippen LogP) is 2.71. The molecule has 6 heteroatoms. The first-order valence-corrected chi connectivity index (χ1v) is 8.94. The summed E-state index contributed by atoms with van der Waals surface area (Å²) in [7, 11) is 1.63. The van der Waals surface area contributed by atoms with E-state index in [0.717, 1.165) is 29.8 Å². The van der Waals surface area contributed by atoms with Gasteiger partial charge in [0.15, 0.2) is 0 Å². The van der Waals surface area contributed by atoms with Crippen LogP contribution in [-0.4, -0.2) is 47.1 Å². The van der Waals surface area contributed by atoms with Crippen molar-refractivity contribution in [2.75, 3.05) is 20.2 Å². The molecule has 0 N–H and O–H groups in total. The Kier molecular flexibility index (Phi) is 5.71. The number of methoxy groups -OCH3 is 1. The molecule has 1 aromatic heterocycles. The van der Waals surface area contributed by atoms with Gasteiger partial charge in [0, 0.05) is 43.3 Å². The molecule has 1 aromatic carbocycles. The molecule has 1 saturated heterocycles. The topological polar surface area (TPSA) is 64.5 Å². The van der Waals surface area contributed by atoms with Crippen LogP contribution >= 0.6 is 0 Å². The van der Waals surface area contributed by atoms with E-state index in [0.29, 0.717) is 31.2 Å². The zero-order chi connectivity index (χ0) is 18.5. The minimum absolute atomic E-state index is 0.0824. The zero-order valence-electron chi connectivity index (χ0n) is 15.6. The highest BCUT2D eigenvalue weighted by atomic mass is 16.5. The van der Waals surface area contributed by atoms with Crippen molar-refractivity contribution < 1.29 is 14.3 Å². The number of aryl methyl sites for hydroxylation is 2. The minimum Gasteiger partial charge on any atom is -0.496 e. The number of hydrogen-bond acceptors (Lipinski definition) is 5. The number of amides is 1. The van der Waals surface area contributed by atoms with E-state index in [1.807, 2.05) is 49.1 Å². The van der Waals surface area contributed by atoms with E-state index in [9.17, 15) is 4.79 Å². The fourth-order valence-electron chi connectivity index (χ4n) is 3.26. The summed E-state index contributed by atoms with van der Waals surface area (Å²) in [6.45, 7) is 5.18. The van der Waals surface area contributed by atoms with Crippen molar-refractivity contribution in [2.24, 2.45) is 0 Å². The van der Waals surface area contributed by atoms with Crippen LogP contribution < -0.4 is 9.47 Å². The van der Waals surface area contributed by atoms with Crippen LogP contribution in [-0.2, 0) is 11.2 Å². The van der Waals surface area contributed by atoms with Crippen LogP contribution in [0.3, 0.4) is 0 Å². The van der Waals surface area contributed by atoms with Crippen molar-refractivity contribution in [1.82, 2.24) is 14.9 Å². The van der Waals surface area contributed by atoms with Gasteiger partial charge >= 0.3 is 0 Å². The molecular weight excluding hydrogens is 330 g/mol. The minimum atomic E-state index is 0.0824. The first-order chi connectivity index (χ1) is 12.5. The van der Waals surface area contributed by atoms with Gasteiger partial charge in [0.2, 0.25) is 11.8 Å². The maximum atomic E-state index is 12.6. The molecule has 0 atom stereocenters. The monoisotopic (exact) mass is 355 g/mol. The number of ether oxygens (including phenoxy) is 2. The molecule has 1 fully saturated rings. The van der Waals surface area contributed by atoms with Gasteiger partial charge in [-0.05, 0) is 19.9 Å². The second kappa shape index (κ2) is 8.17. The summed E-state index contributed by atoms with van der Waals surface area (Å²) in [5, 5.41) is 0. The molecule has 2 heterocycles. The third-order valence-corrected chi connectivity index (χ3v) is 4.56. The summed E-state index contributed by atoms with van der Waals surface area (Å²) < 4.78 is 11.3. The Morgan fingerprint density at radius 1 is 1.19 bits per heavy atom. The average molecular weight is 355 g/mol. The fraction of sp³-hybridized carbons (Fsp3) is 0.450. The van der Waals surface area contributed by atoms with E-state index in [-0.39, 0.29) is 12.0 Å². The highest BCUT2D eigenvalue weighted by molar-refractivity contribution is 5.79. The Balaban J connectivity index is 1.53. The number of aromatic nitrogens is 2. The summed E-state index contributed by atoms with van der Waals surface area (Å²) in [5.41, 5.74) is 1.82. The molecule has 0 unspecified atom stereocenters. The first kappa shape index (κ1) is 18.2. The van der Waals surface area contributed by atoms with Gasteiger partial charge in [0.05, 0.1) is 13.5 Å². The number of nitrogens with zero attached hydrogens (tertiary/aromatic N) is 3. The van der Waals surface area contributed by atoms with Crippen LogP contribution in [0.5, 0.6) is 11.6 Å². The van der Waals surface area contributed by atoms with Gasteiger partial charge < -0.3 is 14.4 Å². The smallest absolute Gasteiger partial charge is 0.227 e. The fourth-order valence-corrected chi connectivity index (χ4v) is 3.26. The van der Waals surface area contributed by atoms with E-state index in [1.165, 1.54) is 0 Å². The maximum Gasteiger partial charge on any atom is 0.227 e. The molecule has 1 aliphatic heterocycles. The summed E-state index contributed by atoms with van der Waals surface area (Å²) in [6, 6.07) is 9.51. The third kappa shape index (κ3) is 4.50. The Bertz CT molecular complexity index is 750. The number of para-hydroxylation sites is 1. The second-order valence-corrected chi connectivity index (χ2v) is 6.58. The van der Waals surface area contributed by atoms with Crippen LogP contribution in [0.15, 0.2) is 30.3 Å². The Hall–Kier alpha value is -2.63. The lowest BCUT2D eigenvalue weighted by Crippen LogP contribution is -2.42. The lowest BCUT2D eigenvalue weighted by atomic mass is 10.1. The molecule has 3 rings (SSSR count). The second-order valence-electron chi connectivity index (χ2n) is 6.58. The SMILES string of the molecule is COc1ccccc1CC(=O)N1CCC(Oc2cc(C)nc(C)n2)CC1. The molecule has 1 amide bonds. The molecular formula is C20H25N3O3. The predicted molar refractivity (Wildman–Crippen MR) is 98.4 cm³/mol. The van der Waals surface area contributed by atoms with Crippen LogP contribution in [0.25, 0.3) is 0 Å². The number of rotatable bonds is 5. The molecule has 6 nitrogen and oxygen atoms in total. The van der Waals surface area contributed by atoms with E-state index >= 15 is 0 Å². The van der Waals surface area contributed by atoms with Crippen molar-refractivity contribution in [1.29, 1.82) is 0 Å². The van der Waals surface area contributed by atoms with E-state index in [2.05, 4.69) is 9.97 Å². The van der Waals surface area contributed by atoms with E-state index in [4.69, 9.17) is 9.47 Å². The van der Waals surface area contributed by atoms with Crippen molar-refractivity contribution >= 4 is 5.91 Å². The first-order valence-electron chi connectivity index (χ1n) is 8.94. The number of piperidine rings is 1. The summed E-state index contributed by atoms with van der Waals surface area (Å²) in [4.78, 5) is 23.1. The Morgan fingerprint density at radius 3 is 2.62 bits per heavy atom. The molecule has 0 radical (unpaired) electrons. The van der Waals surface area contributed by atoms with E-state index < -0.39 is 0 Å². The molecule has 0 aliphatic carbocycles. The molecule has 0 saturated carbocycles.